The number of phenolic OH excluding ortho intramolecular Hbond substituents is 1. The lowest BCUT2D eigenvalue weighted by molar-refractivity contribution is 0.0747. The molecule has 3 rings (SSSR count). The topological polar surface area (TPSA) is 119 Å². The number of fused-ring (bicyclic) bond motifs is 1. The van der Waals surface area contributed by atoms with Gasteiger partial charge in [0.15, 0.2) is 4.90 Å². The first-order valence-electron chi connectivity index (χ1n) is 7.19. The van der Waals surface area contributed by atoms with Crippen molar-refractivity contribution in [3.05, 3.63) is 66.2 Å². The summed E-state index contributed by atoms with van der Waals surface area (Å²) >= 11 is 0. The third-order valence-electron chi connectivity index (χ3n) is 3.60. The maximum absolute atomic E-state index is 12.6. The van der Waals surface area contributed by atoms with Gasteiger partial charge in [0.2, 0.25) is 0 Å². The van der Waals surface area contributed by atoms with Crippen molar-refractivity contribution in [2.75, 3.05) is 5.43 Å². The highest BCUT2D eigenvalue weighted by molar-refractivity contribution is 7.87. The molecule has 128 valence electrons. The molecular formula is C17H14N2O5S. The van der Waals surface area contributed by atoms with Gasteiger partial charge in [-0.25, -0.2) is 4.79 Å². The molecule has 0 saturated heterocycles. The van der Waals surface area contributed by atoms with Gasteiger partial charge in [-0.05, 0) is 23.6 Å². The van der Waals surface area contributed by atoms with Crippen LogP contribution in [-0.2, 0) is 14.3 Å². The number of aromatic hydroxyl groups is 1. The Morgan fingerprint density at radius 2 is 1.68 bits per heavy atom. The van der Waals surface area contributed by atoms with Gasteiger partial charge in [0.25, 0.3) is 0 Å². The molecule has 0 aromatic heterocycles. The zero-order chi connectivity index (χ0) is 18.0. The smallest absolute Gasteiger partial charge is 0.356 e. The first-order chi connectivity index (χ1) is 11.9. The lowest BCUT2D eigenvalue weighted by Gasteiger charge is -2.11. The zero-order valence-electron chi connectivity index (χ0n) is 12.8. The highest BCUT2D eigenvalue weighted by Crippen LogP contribution is 2.33. The van der Waals surface area contributed by atoms with Gasteiger partial charge >= 0.3 is 16.1 Å². The number of hydrogen-bond donors (Lipinski definition) is 3. The van der Waals surface area contributed by atoms with Gasteiger partial charge in [-0.15, -0.1) is 0 Å². The Balaban J connectivity index is 2.06. The van der Waals surface area contributed by atoms with E-state index in [1.54, 1.807) is 36.4 Å². The molecule has 0 saturated carbocycles. The molecule has 0 aliphatic rings. The van der Waals surface area contributed by atoms with E-state index < -0.39 is 26.7 Å². The van der Waals surface area contributed by atoms with E-state index in [1.165, 1.54) is 24.3 Å². The summed E-state index contributed by atoms with van der Waals surface area (Å²) in [6, 6.07) is 15.4. The predicted octanol–water partition coefficient (Wildman–Crippen LogP) is 2.38. The molecule has 0 aliphatic heterocycles. The molecule has 0 atom stereocenters. The van der Waals surface area contributed by atoms with Crippen LogP contribution in [-0.4, -0.2) is 19.5 Å². The van der Waals surface area contributed by atoms with Crippen molar-refractivity contribution in [2.45, 2.75) is 4.90 Å². The maximum Gasteiger partial charge on any atom is 0.356 e. The predicted molar refractivity (Wildman–Crippen MR) is 92.5 cm³/mol. The van der Waals surface area contributed by atoms with E-state index in [0.29, 0.717) is 5.39 Å². The number of carbonyl (C=O) groups excluding carboxylic acids is 1. The van der Waals surface area contributed by atoms with Crippen molar-refractivity contribution in [3.63, 3.8) is 0 Å². The van der Waals surface area contributed by atoms with Gasteiger partial charge in [0, 0.05) is 5.39 Å². The summed E-state index contributed by atoms with van der Waals surface area (Å²) in [5, 5.41) is 10.9. The fourth-order valence-corrected chi connectivity index (χ4v) is 3.62. The first-order valence-corrected chi connectivity index (χ1v) is 8.60. The maximum atomic E-state index is 12.6. The van der Waals surface area contributed by atoms with E-state index in [2.05, 4.69) is 5.43 Å². The summed E-state index contributed by atoms with van der Waals surface area (Å²) in [5.41, 5.74) is 2.46. The number of hydrazine groups is 1. The third-order valence-corrected chi connectivity index (χ3v) is 4.90. The zero-order valence-corrected chi connectivity index (χ0v) is 13.7. The molecular weight excluding hydrogens is 344 g/mol. The van der Waals surface area contributed by atoms with Crippen LogP contribution in [0, 0.1) is 0 Å². The van der Waals surface area contributed by atoms with Crippen molar-refractivity contribution in [1.29, 1.82) is 0 Å². The normalized spacial score (nSPS) is 11.2. The average molecular weight is 358 g/mol. The van der Waals surface area contributed by atoms with Crippen molar-refractivity contribution in [2.24, 2.45) is 5.84 Å². The SMILES string of the molecule is NNc1ccccc1C(=O)OS(=O)(=O)c1c(O)ccc2ccccc12. The number of rotatable bonds is 4. The summed E-state index contributed by atoms with van der Waals surface area (Å²) < 4.78 is 29.9. The summed E-state index contributed by atoms with van der Waals surface area (Å²) in [7, 11) is -4.56. The number of benzene rings is 3. The van der Waals surface area contributed by atoms with Crippen molar-refractivity contribution in [1.82, 2.24) is 0 Å². The van der Waals surface area contributed by atoms with E-state index >= 15 is 0 Å². The number of hydrogen-bond acceptors (Lipinski definition) is 7. The Kier molecular flexibility index (Phi) is 4.30. The number of carbonyl (C=O) groups is 1. The van der Waals surface area contributed by atoms with Crippen molar-refractivity contribution in [3.8, 4) is 5.75 Å². The van der Waals surface area contributed by atoms with Gasteiger partial charge in [0.05, 0.1) is 11.3 Å². The third kappa shape index (κ3) is 3.12. The Bertz CT molecular complexity index is 1060. The summed E-state index contributed by atoms with van der Waals surface area (Å²) in [5.74, 6) is 3.70. The van der Waals surface area contributed by atoms with Crippen LogP contribution in [0.1, 0.15) is 10.4 Å². The second-order valence-electron chi connectivity index (χ2n) is 5.15. The number of nitrogens with one attached hydrogen (secondary N) is 1. The molecule has 0 fully saturated rings. The molecule has 4 N–H and O–H groups in total. The molecule has 0 bridgehead atoms. The second kappa shape index (κ2) is 6.42. The average Bonchev–Trinajstić information content (AvgIpc) is 2.60. The first kappa shape index (κ1) is 16.7. The molecule has 3 aromatic carbocycles. The molecule has 0 amide bonds. The number of nitrogen functional groups attached to an aromatic ring is 1. The summed E-state index contributed by atoms with van der Waals surface area (Å²) in [6.45, 7) is 0. The summed E-state index contributed by atoms with van der Waals surface area (Å²) in [6.07, 6.45) is 0. The lowest BCUT2D eigenvalue weighted by atomic mass is 10.1. The molecule has 0 unspecified atom stereocenters. The number of phenols is 1. The Labute approximate surface area is 143 Å². The Morgan fingerprint density at radius 3 is 2.44 bits per heavy atom. The molecule has 25 heavy (non-hydrogen) atoms. The highest BCUT2D eigenvalue weighted by atomic mass is 32.2. The van der Waals surface area contributed by atoms with E-state index in [-0.39, 0.29) is 16.6 Å². The minimum absolute atomic E-state index is 0.0479. The van der Waals surface area contributed by atoms with Crippen LogP contribution in [0.25, 0.3) is 10.8 Å². The number of para-hydroxylation sites is 1. The van der Waals surface area contributed by atoms with Crippen LogP contribution in [0.3, 0.4) is 0 Å². The van der Waals surface area contributed by atoms with Crippen LogP contribution in [0.2, 0.25) is 0 Å². The van der Waals surface area contributed by atoms with E-state index in [4.69, 9.17) is 10.0 Å². The van der Waals surface area contributed by atoms with E-state index in [9.17, 15) is 18.3 Å². The molecule has 7 nitrogen and oxygen atoms in total. The standard InChI is InChI=1S/C17H14N2O5S/c18-19-14-8-4-3-7-13(14)17(21)24-25(22,23)16-12-6-2-1-5-11(12)9-10-15(16)20/h1-10,19-20H,18H2. The van der Waals surface area contributed by atoms with E-state index in [1.807, 2.05) is 0 Å². The fraction of sp³-hybridized carbons (Fsp3) is 0. The Hall–Kier alpha value is -3.10. The summed E-state index contributed by atoms with van der Waals surface area (Å²) in [4.78, 5) is 11.8. The van der Waals surface area contributed by atoms with Crippen LogP contribution in [0.4, 0.5) is 5.69 Å². The lowest BCUT2D eigenvalue weighted by Crippen LogP contribution is -2.17. The quantitative estimate of drug-likeness (QED) is 0.372. The molecule has 0 spiro atoms. The van der Waals surface area contributed by atoms with Gasteiger partial charge in [-0.1, -0.05) is 42.5 Å². The van der Waals surface area contributed by atoms with Gasteiger partial charge in [-0.3, -0.25) is 5.84 Å². The largest absolute Gasteiger partial charge is 0.506 e. The van der Waals surface area contributed by atoms with Crippen LogP contribution >= 0.6 is 0 Å². The van der Waals surface area contributed by atoms with Gasteiger partial charge in [0.1, 0.15) is 5.75 Å². The minimum Gasteiger partial charge on any atom is -0.506 e. The second-order valence-corrected chi connectivity index (χ2v) is 6.63. The number of anilines is 1. The van der Waals surface area contributed by atoms with Crippen LogP contribution in [0.5, 0.6) is 5.75 Å². The van der Waals surface area contributed by atoms with Gasteiger partial charge in [-0.2, -0.15) is 8.42 Å². The monoisotopic (exact) mass is 358 g/mol. The highest BCUT2D eigenvalue weighted by Gasteiger charge is 2.28. The van der Waals surface area contributed by atoms with E-state index in [0.717, 1.165) is 0 Å². The molecule has 3 aromatic rings. The van der Waals surface area contributed by atoms with Crippen LogP contribution < -0.4 is 11.3 Å². The molecule has 8 heteroatoms. The van der Waals surface area contributed by atoms with Crippen LogP contribution in [0.15, 0.2) is 65.6 Å². The molecule has 0 radical (unpaired) electrons. The fourth-order valence-electron chi connectivity index (χ4n) is 2.47. The molecule has 0 aliphatic carbocycles. The van der Waals surface area contributed by atoms with Gasteiger partial charge < -0.3 is 14.7 Å². The van der Waals surface area contributed by atoms with Crippen molar-refractivity contribution >= 4 is 32.5 Å². The Morgan fingerprint density at radius 1 is 1.00 bits per heavy atom. The minimum atomic E-state index is -4.56. The molecule has 0 heterocycles. The van der Waals surface area contributed by atoms with Crippen molar-refractivity contribution < 1.29 is 22.5 Å². The number of nitrogens with two attached hydrogens (primary N) is 1.